The van der Waals surface area contributed by atoms with Crippen molar-refractivity contribution in [3.8, 4) is 11.5 Å². The van der Waals surface area contributed by atoms with Crippen molar-refractivity contribution in [3.05, 3.63) is 53.6 Å². The molecule has 1 aliphatic heterocycles. The number of carbonyl (C=O) groups excluding carboxylic acids is 1. The van der Waals surface area contributed by atoms with Crippen LogP contribution in [0.3, 0.4) is 0 Å². The number of sulfonamides is 1. The number of amides is 1. The molecule has 0 radical (unpaired) electrons. The quantitative estimate of drug-likeness (QED) is 0.523. The molecule has 12 heteroatoms. The summed E-state index contributed by atoms with van der Waals surface area (Å²) in [6.45, 7) is 3.18. The zero-order chi connectivity index (χ0) is 26.0. The first-order valence-corrected chi connectivity index (χ1v) is 12.2. The predicted octanol–water partition coefficient (Wildman–Crippen LogP) is 4.85. The fourth-order valence-electron chi connectivity index (χ4n) is 4.19. The summed E-state index contributed by atoms with van der Waals surface area (Å²) in [4.78, 5) is 14.4. The maximum atomic E-state index is 13.6. The van der Waals surface area contributed by atoms with E-state index in [-0.39, 0.29) is 42.3 Å². The van der Waals surface area contributed by atoms with E-state index in [1.165, 1.54) is 38.2 Å². The number of methoxy groups -OCH3 is 2. The van der Waals surface area contributed by atoms with Crippen LogP contribution in [0.5, 0.6) is 11.5 Å². The zero-order valence-electron chi connectivity index (χ0n) is 19.7. The Labute approximate surface area is 202 Å². The topological polar surface area (TPSA) is 85.4 Å². The molecule has 2 unspecified atom stereocenters. The molecule has 0 fully saturated rings. The predicted molar refractivity (Wildman–Crippen MR) is 123 cm³/mol. The van der Waals surface area contributed by atoms with Gasteiger partial charge in [0.15, 0.2) is 11.5 Å². The van der Waals surface area contributed by atoms with E-state index < -0.39 is 33.7 Å². The van der Waals surface area contributed by atoms with Crippen LogP contribution in [-0.2, 0) is 21.3 Å². The number of hydrogen-bond donors (Lipinski definition) is 0. The van der Waals surface area contributed by atoms with E-state index in [1.54, 1.807) is 31.2 Å². The van der Waals surface area contributed by atoms with Gasteiger partial charge in [-0.15, -0.1) is 0 Å². The van der Waals surface area contributed by atoms with E-state index in [4.69, 9.17) is 14.2 Å². The highest BCUT2D eigenvalue weighted by atomic mass is 32.2. The molecule has 0 aromatic heterocycles. The Morgan fingerprint density at radius 2 is 1.71 bits per heavy atom. The van der Waals surface area contributed by atoms with Gasteiger partial charge < -0.3 is 14.2 Å². The molecule has 0 spiro atoms. The Morgan fingerprint density at radius 1 is 1.11 bits per heavy atom. The first-order chi connectivity index (χ1) is 16.5. The number of hydrogen-bond acceptors (Lipinski definition) is 6. The molecule has 2 aromatic rings. The van der Waals surface area contributed by atoms with E-state index in [2.05, 4.69) is 0 Å². The normalized spacial score (nSPS) is 18.0. The van der Waals surface area contributed by atoms with Crippen LogP contribution in [0.4, 0.5) is 23.7 Å². The van der Waals surface area contributed by atoms with Gasteiger partial charge in [-0.05, 0) is 31.9 Å². The summed E-state index contributed by atoms with van der Waals surface area (Å²) in [5, 5.41) is 0. The number of anilines is 1. The molecule has 0 saturated carbocycles. The van der Waals surface area contributed by atoms with Gasteiger partial charge in [-0.25, -0.2) is 4.79 Å². The van der Waals surface area contributed by atoms with Crippen molar-refractivity contribution in [2.75, 3.05) is 25.1 Å². The number of carbonyl (C=O) groups is 1. The fraction of sp³-hybridized carbons (Fsp3) is 0.435. The van der Waals surface area contributed by atoms with Gasteiger partial charge >= 0.3 is 21.6 Å². The number of alkyl halides is 3. The summed E-state index contributed by atoms with van der Waals surface area (Å²) in [6.07, 6.45) is -0.787. The van der Waals surface area contributed by atoms with Crippen molar-refractivity contribution < 1.29 is 40.6 Å². The lowest BCUT2D eigenvalue weighted by molar-refractivity contribution is -0.0442. The van der Waals surface area contributed by atoms with E-state index >= 15 is 0 Å². The lowest BCUT2D eigenvalue weighted by Crippen LogP contribution is -2.51. The standard InChI is InChI=1S/C23H27F3N2O6S/c1-5-34-22(29)27(14-16-9-7-6-8-10-16)18-11-15(2)28(35(30,31)23(24,25)26)19-13-21(33-4)20(32-3)12-17(18)19/h6-10,12-13,15,18H,5,11,14H2,1-4H3. The molecule has 0 bridgehead atoms. The van der Waals surface area contributed by atoms with Gasteiger partial charge in [-0.3, -0.25) is 9.21 Å². The number of halogens is 3. The minimum absolute atomic E-state index is 0.0484. The highest BCUT2D eigenvalue weighted by molar-refractivity contribution is 7.93. The monoisotopic (exact) mass is 516 g/mol. The van der Waals surface area contributed by atoms with Gasteiger partial charge in [0.25, 0.3) is 0 Å². The Morgan fingerprint density at radius 3 is 2.26 bits per heavy atom. The molecular formula is C23H27F3N2O6S. The van der Waals surface area contributed by atoms with Crippen LogP contribution < -0.4 is 13.8 Å². The first-order valence-electron chi connectivity index (χ1n) is 10.8. The lowest BCUT2D eigenvalue weighted by atomic mass is 9.91. The van der Waals surface area contributed by atoms with Crippen LogP contribution in [0.15, 0.2) is 42.5 Å². The highest BCUT2D eigenvalue weighted by Gasteiger charge is 2.54. The number of fused-ring (bicyclic) bond motifs is 1. The summed E-state index contributed by atoms with van der Waals surface area (Å²) >= 11 is 0. The molecule has 2 aromatic carbocycles. The molecule has 1 heterocycles. The molecule has 3 rings (SSSR count). The Hall–Kier alpha value is -3.15. The maximum Gasteiger partial charge on any atom is 0.516 e. The Balaban J connectivity index is 2.23. The van der Waals surface area contributed by atoms with Gasteiger partial charge in [-0.2, -0.15) is 21.6 Å². The summed E-state index contributed by atoms with van der Waals surface area (Å²) in [6, 6.07) is 9.65. The van der Waals surface area contributed by atoms with Gasteiger partial charge in [0.05, 0.1) is 32.6 Å². The second kappa shape index (κ2) is 10.2. The van der Waals surface area contributed by atoms with Crippen LogP contribution in [0, 0.1) is 0 Å². The molecule has 1 amide bonds. The van der Waals surface area contributed by atoms with Gasteiger partial charge in [0, 0.05) is 24.2 Å². The fourth-order valence-corrected chi connectivity index (χ4v) is 5.39. The van der Waals surface area contributed by atoms with Crippen LogP contribution in [0.2, 0.25) is 0 Å². The third kappa shape index (κ3) is 5.12. The van der Waals surface area contributed by atoms with Crippen molar-refractivity contribution >= 4 is 21.8 Å². The van der Waals surface area contributed by atoms with Crippen molar-refractivity contribution in [1.29, 1.82) is 0 Å². The number of ether oxygens (including phenoxy) is 3. The van der Waals surface area contributed by atoms with E-state index in [0.717, 1.165) is 5.56 Å². The summed E-state index contributed by atoms with van der Waals surface area (Å²) in [7, 11) is -3.11. The van der Waals surface area contributed by atoms with Crippen LogP contribution in [-0.4, -0.2) is 51.8 Å². The Bertz CT molecular complexity index is 1160. The molecule has 1 aliphatic rings. The minimum atomic E-state index is -5.74. The second-order valence-electron chi connectivity index (χ2n) is 7.93. The maximum absolute atomic E-state index is 13.6. The first kappa shape index (κ1) is 26.5. The second-order valence-corrected chi connectivity index (χ2v) is 9.73. The number of rotatable bonds is 7. The van der Waals surface area contributed by atoms with Gasteiger partial charge in [-0.1, -0.05) is 30.3 Å². The average Bonchev–Trinajstić information content (AvgIpc) is 2.81. The number of nitrogens with zero attached hydrogens (tertiary/aromatic N) is 2. The molecule has 35 heavy (non-hydrogen) atoms. The van der Waals surface area contributed by atoms with E-state index in [9.17, 15) is 26.4 Å². The lowest BCUT2D eigenvalue weighted by Gasteiger charge is -2.43. The van der Waals surface area contributed by atoms with Gasteiger partial charge in [0.2, 0.25) is 0 Å². The third-order valence-corrected chi connectivity index (χ3v) is 7.38. The van der Waals surface area contributed by atoms with Crippen LogP contribution in [0.1, 0.15) is 37.4 Å². The van der Waals surface area contributed by atoms with E-state index in [0.29, 0.717) is 4.31 Å². The Kier molecular flexibility index (Phi) is 7.73. The molecule has 0 aliphatic carbocycles. The third-order valence-electron chi connectivity index (χ3n) is 5.72. The number of benzene rings is 2. The van der Waals surface area contributed by atoms with Crippen LogP contribution in [0.25, 0.3) is 0 Å². The minimum Gasteiger partial charge on any atom is -0.493 e. The van der Waals surface area contributed by atoms with Crippen molar-refractivity contribution in [3.63, 3.8) is 0 Å². The van der Waals surface area contributed by atoms with Gasteiger partial charge in [0.1, 0.15) is 0 Å². The summed E-state index contributed by atoms with van der Waals surface area (Å²) in [5.41, 5.74) is -4.84. The molecule has 0 saturated heterocycles. The zero-order valence-corrected chi connectivity index (χ0v) is 20.5. The van der Waals surface area contributed by atoms with E-state index in [1.807, 2.05) is 6.07 Å². The molecule has 192 valence electrons. The summed E-state index contributed by atoms with van der Waals surface area (Å²) in [5.74, 6) is 0.228. The molecule has 2 atom stereocenters. The molecule has 0 N–H and O–H groups in total. The van der Waals surface area contributed by atoms with Crippen molar-refractivity contribution in [2.24, 2.45) is 0 Å². The SMILES string of the molecule is CCOC(=O)N(Cc1ccccc1)C1CC(C)N(S(=O)(=O)C(F)(F)F)c2cc(OC)c(OC)cc21. The highest BCUT2D eigenvalue weighted by Crippen LogP contribution is 2.48. The summed E-state index contributed by atoms with van der Waals surface area (Å²) < 4.78 is 82.1. The molecule has 8 nitrogen and oxygen atoms in total. The smallest absolute Gasteiger partial charge is 0.493 e. The average molecular weight is 517 g/mol. The molecular weight excluding hydrogens is 489 g/mol. The van der Waals surface area contributed by atoms with Crippen molar-refractivity contribution in [2.45, 2.75) is 44.4 Å². The van der Waals surface area contributed by atoms with Crippen LogP contribution >= 0.6 is 0 Å². The van der Waals surface area contributed by atoms with Crippen molar-refractivity contribution in [1.82, 2.24) is 4.90 Å². The largest absolute Gasteiger partial charge is 0.516 e.